The summed E-state index contributed by atoms with van der Waals surface area (Å²) in [4.78, 5) is 20.8. The molecule has 0 radical (unpaired) electrons. The minimum atomic E-state index is -3.66. The molecule has 1 aromatic heterocycles. The molecule has 0 spiro atoms. The Hall–Kier alpha value is -2.77. The zero-order valence-electron chi connectivity index (χ0n) is 14.8. The number of benzene rings is 1. The molecule has 0 atom stereocenters. The van der Waals surface area contributed by atoms with Crippen molar-refractivity contribution in [2.24, 2.45) is 5.92 Å². The van der Waals surface area contributed by atoms with Gasteiger partial charge in [0.15, 0.2) is 17.3 Å². The topological polar surface area (TPSA) is 73.3 Å². The number of carbonyl (C=O) groups excluding carboxylic acids is 1. The maximum absolute atomic E-state index is 13.2. The van der Waals surface area contributed by atoms with E-state index >= 15 is 0 Å². The molecular weight excluding hydrogens is 356 g/mol. The lowest BCUT2D eigenvalue weighted by Gasteiger charge is -2.20. The Bertz CT molecular complexity index is 865. The van der Waals surface area contributed by atoms with Gasteiger partial charge in [-0.25, -0.2) is 4.98 Å². The van der Waals surface area contributed by atoms with Gasteiger partial charge in [-0.1, -0.05) is 19.3 Å². The summed E-state index contributed by atoms with van der Waals surface area (Å²) in [5.41, 5.74) is 1.79. The molecule has 0 unspecified atom stereocenters. The number of anilines is 1. The van der Waals surface area contributed by atoms with Crippen LogP contribution in [-0.4, -0.2) is 22.2 Å². The molecule has 8 heteroatoms. The number of halogens is 2. The van der Waals surface area contributed by atoms with Gasteiger partial charge in [0.2, 0.25) is 5.91 Å². The standard InChI is InChI=1S/C19H19F2N3O3/c1-11-7-15-16(27-19(20,21)26-15)8-13(11)14-9-23-17(10-22-14)24-18(25)12-5-3-2-4-6-12/h7-10,12H,2-6H2,1H3,(H,23,24,25). The van der Waals surface area contributed by atoms with E-state index in [4.69, 9.17) is 0 Å². The second kappa shape index (κ2) is 6.75. The van der Waals surface area contributed by atoms with Crippen LogP contribution in [0, 0.1) is 12.8 Å². The Balaban J connectivity index is 1.50. The van der Waals surface area contributed by atoms with Crippen molar-refractivity contribution < 1.29 is 23.0 Å². The number of hydrogen-bond acceptors (Lipinski definition) is 5. The van der Waals surface area contributed by atoms with Crippen molar-refractivity contribution in [1.82, 2.24) is 9.97 Å². The fourth-order valence-electron chi connectivity index (χ4n) is 3.50. The molecule has 2 aliphatic rings. The van der Waals surface area contributed by atoms with Crippen LogP contribution in [0.3, 0.4) is 0 Å². The fourth-order valence-corrected chi connectivity index (χ4v) is 3.50. The third-order valence-electron chi connectivity index (χ3n) is 4.90. The number of alkyl halides is 2. The number of amides is 1. The van der Waals surface area contributed by atoms with Crippen molar-refractivity contribution in [3.8, 4) is 22.8 Å². The van der Waals surface area contributed by atoms with E-state index in [0.29, 0.717) is 22.6 Å². The van der Waals surface area contributed by atoms with E-state index in [1.165, 1.54) is 30.9 Å². The number of fused-ring (bicyclic) bond motifs is 1. The van der Waals surface area contributed by atoms with Crippen molar-refractivity contribution in [2.75, 3.05) is 5.32 Å². The van der Waals surface area contributed by atoms with Crippen LogP contribution in [-0.2, 0) is 4.79 Å². The molecule has 1 amide bonds. The van der Waals surface area contributed by atoms with E-state index in [2.05, 4.69) is 24.8 Å². The average molecular weight is 375 g/mol. The molecule has 4 rings (SSSR count). The molecular formula is C19H19F2N3O3. The highest BCUT2D eigenvalue weighted by Gasteiger charge is 2.43. The van der Waals surface area contributed by atoms with Gasteiger partial charge in [-0.3, -0.25) is 9.78 Å². The highest BCUT2D eigenvalue weighted by atomic mass is 19.3. The number of nitrogens with one attached hydrogen (secondary N) is 1. The fraction of sp³-hybridized carbons (Fsp3) is 0.421. The Kier molecular flexibility index (Phi) is 4.41. The predicted molar refractivity (Wildman–Crippen MR) is 93.6 cm³/mol. The van der Waals surface area contributed by atoms with Crippen LogP contribution in [0.2, 0.25) is 0 Å². The second-order valence-corrected chi connectivity index (χ2v) is 6.89. The number of carbonyl (C=O) groups is 1. The first-order chi connectivity index (χ1) is 12.9. The van der Waals surface area contributed by atoms with Gasteiger partial charge < -0.3 is 14.8 Å². The van der Waals surface area contributed by atoms with E-state index in [-0.39, 0.29) is 23.3 Å². The van der Waals surface area contributed by atoms with E-state index in [9.17, 15) is 13.6 Å². The van der Waals surface area contributed by atoms with Gasteiger partial charge >= 0.3 is 6.29 Å². The van der Waals surface area contributed by atoms with Gasteiger partial charge in [0.25, 0.3) is 0 Å². The summed E-state index contributed by atoms with van der Waals surface area (Å²) in [6.45, 7) is 1.76. The molecule has 1 saturated carbocycles. The molecule has 27 heavy (non-hydrogen) atoms. The molecule has 1 aliphatic heterocycles. The number of aryl methyl sites for hydroxylation is 1. The van der Waals surface area contributed by atoms with Crippen molar-refractivity contribution >= 4 is 11.7 Å². The summed E-state index contributed by atoms with van der Waals surface area (Å²) in [5, 5.41) is 2.80. The molecule has 0 bridgehead atoms. The molecule has 2 heterocycles. The van der Waals surface area contributed by atoms with Crippen LogP contribution in [0.1, 0.15) is 37.7 Å². The molecule has 1 fully saturated rings. The van der Waals surface area contributed by atoms with E-state index in [1.54, 1.807) is 6.92 Å². The maximum atomic E-state index is 13.2. The first-order valence-electron chi connectivity index (χ1n) is 8.95. The van der Waals surface area contributed by atoms with Crippen LogP contribution in [0.5, 0.6) is 11.5 Å². The lowest BCUT2D eigenvalue weighted by molar-refractivity contribution is -0.286. The molecule has 1 N–H and O–H groups in total. The van der Waals surface area contributed by atoms with Crippen molar-refractivity contribution in [3.63, 3.8) is 0 Å². The molecule has 1 aromatic carbocycles. The molecule has 0 saturated heterocycles. The lowest BCUT2D eigenvalue weighted by Crippen LogP contribution is -2.25. The Morgan fingerprint density at radius 3 is 2.48 bits per heavy atom. The molecule has 142 valence electrons. The minimum Gasteiger partial charge on any atom is -0.395 e. The number of nitrogens with zero attached hydrogens (tertiary/aromatic N) is 2. The number of rotatable bonds is 3. The zero-order chi connectivity index (χ0) is 19.0. The first-order valence-corrected chi connectivity index (χ1v) is 8.95. The van der Waals surface area contributed by atoms with Gasteiger partial charge in [-0.15, -0.1) is 8.78 Å². The summed E-state index contributed by atoms with van der Waals surface area (Å²) in [6, 6.07) is 2.93. The van der Waals surface area contributed by atoms with Gasteiger partial charge in [-0.05, 0) is 37.5 Å². The zero-order valence-corrected chi connectivity index (χ0v) is 14.8. The largest absolute Gasteiger partial charge is 0.586 e. The summed E-state index contributed by atoms with van der Waals surface area (Å²) >= 11 is 0. The Morgan fingerprint density at radius 1 is 1.11 bits per heavy atom. The van der Waals surface area contributed by atoms with Gasteiger partial charge in [0.1, 0.15) is 0 Å². The normalized spacial score (nSPS) is 18.3. The van der Waals surface area contributed by atoms with Crippen LogP contribution in [0.15, 0.2) is 24.5 Å². The minimum absolute atomic E-state index is 0.00873. The van der Waals surface area contributed by atoms with Gasteiger partial charge in [-0.2, -0.15) is 0 Å². The van der Waals surface area contributed by atoms with Crippen LogP contribution in [0.4, 0.5) is 14.6 Å². The quantitative estimate of drug-likeness (QED) is 0.866. The number of hydrogen-bond donors (Lipinski definition) is 1. The summed E-state index contributed by atoms with van der Waals surface area (Å²) in [7, 11) is 0. The highest BCUT2D eigenvalue weighted by molar-refractivity contribution is 5.91. The van der Waals surface area contributed by atoms with E-state index < -0.39 is 6.29 Å². The summed E-state index contributed by atoms with van der Waals surface area (Å²) in [5.74, 6) is 0.318. The average Bonchev–Trinajstić information content (AvgIpc) is 2.95. The van der Waals surface area contributed by atoms with E-state index in [1.807, 2.05) is 0 Å². The number of ether oxygens (including phenoxy) is 2. The van der Waals surface area contributed by atoms with Crippen LogP contribution in [0.25, 0.3) is 11.3 Å². The lowest BCUT2D eigenvalue weighted by atomic mass is 9.89. The first kappa shape index (κ1) is 17.6. The highest BCUT2D eigenvalue weighted by Crippen LogP contribution is 2.44. The van der Waals surface area contributed by atoms with Crippen molar-refractivity contribution in [2.45, 2.75) is 45.3 Å². The summed E-state index contributed by atoms with van der Waals surface area (Å²) < 4.78 is 35.4. The Morgan fingerprint density at radius 2 is 1.81 bits per heavy atom. The van der Waals surface area contributed by atoms with Crippen molar-refractivity contribution in [3.05, 3.63) is 30.1 Å². The van der Waals surface area contributed by atoms with Crippen LogP contribution < -0.4 is 14.8 Å². The second-order valence-electron chi connectivity index (χ2n) is 6.89. The van der Waals surface area contributed by atoms with Gasteiger partial charge in [0, 0.05) is 11.5 Å². The maximum Gasteiger partial charge on any atom is 0.586 e. The SMILES string of the molecule is Cc1cc2c(cc1-c1cnc(NC(=O)C3CCCCC3)cn1)OC(F)(F)O2. The molecule has 1 aliphatic carbocycles. The van der Waals surface area contributed by atoms with Gasteiger partial charge in [0.05, 0.1) is 18.1 Å². The van der Waals surface area contributed by atoms with Crippen molar-refractivity contribution in [1.29, 1.82) is 0 Å². The summed E-state index contributed by atoms with van der Waals surface area (Å²) in [6.07, 6.45) is 4.44. The van der Waals surface area contributed by atoms with Crippen LogP contribution >= 0.6 is 0 Å². The smallest absolute Gasteiger partial charge is 0.395 e. The molecule has 6 nitrogen and oxygen atoms in total. The third kappa shape index (κ3) is 3.70. The third-order valence-corrected chi connectivity index (χ3v) is 4.90. The molecule has 2 aromatic rings. The monoisotopic (exact) mass is 375 g/mol. The Labute approximate surface area is 154 Å². The number of aromatic nitrogens is 2. The van der Waals surface area contributed by atoms with E-state index in [0.717, 1.165) is 25.7 Å². The predicted octanol–water partition coefficient (Wildman–Crippen LogP) is 4.29.